The number of carbonyl (C=O) groups excluding carboxylic acids is 2. The van der Waals surface area contributed by atoms with Gasteiger partial charge in [0, 0.05) is 62.3 Å². The first kappa shape index (κ1) is 47.4. The Morgan fingerprint density at radius 2 is 1.28 bits per heavy atom. The van der Waals surface area contributed by atoms with Crippen molar-refractivity contribution in [3.8, 4) is 22.8 Å². The summed E-state index contributed by atoms with van der Waals surface area (Å²) in [5, 5.41) is 35.7. The van der Waals surface area contributed by atoms with Crippen LogP contribution in [0.15, 0.2) is 81.5 Å². The molecule has 0 radical (unpaired) electrons. The molecule has 60 heavy (non-hydrogen) atoms. The van der Waals surface area contributed by atoms with Crippen molar-refractivity contribution < 1.29 is 33.9 Å². The summed E-state index contributed by atoms with van der Waals surface area (Å²) in [5.41, 5.74) is 3.51. The maximum atomic E-state index is 14.2. The van der Waals surface area contributed by atoms with Gasteiger partial charge in [-0.25, -0.2) is 0 Å². The monoisotopic (exact) mass is 827 g/mol. The molecule has 5 N–H and O–H groups in total. The molecule has 326 valence electrons. The van der Waals surface area contributed by atoms with Crippen LogP contribution in [0.3, 0.4) is 0 Å². The van der Waals surface area contributed by atoms with Crippen LogP contribution < -0.4 is 25.4 Å². The molecular weight excluding hydrogens is 763 g/mol. The number of fused-ring (bicyclic) bond motifs is 1. The normalized spacial score (nSPS) is 12.7. The van der Waals surface area contributed by atoms with Crippen LogP contribution in [0.1, 0.15) is 76.9 Å². The van der Waals surface area contributed by atoms with Crippen LogP contribution in [0, 0.1) is 6.92 Å². The third-order valence-corrected chi connectivity index (χ3v) is 11.1. The molecule has 3 aromatic carbocycles. The van der Waals surface area contributed by atoms with Gasteiger partial charge < -0.3 is 45.2 Å². The van der Waals surface area contributed by atoms with Crippen LogP contribution in [-0.4, -0.2) is 127 Å². The van der Waals surface area contributed by atoms with Gasteiger partial charge in [0.2, 0.25) is 0 Å². The molecule has 0 aliphatic carbocycles. The van der Waals surface area contributed by atoms with E-state index in [2.05, 4.69) is 49.9 Å². The highest BCUT2D eigenvalue weighted by molar-refractivity contribution is 6.19. The maximum absolute atomic E-state index is 14.2. The van der Waals surface area contributed by atoms with Crippen LogP contribution in [-0.2, 0) is 4.79 Å². The molecule has 0 saturated heterocycles. The first-order valence-corrected chi connectivity index (χ1v) is 20.8. The zero-order valence-corrected chi connectivity index (χ0v) is 36.9. The Morgan fingerprint density at radius 1 is 0.733 bits per heavy atom. The summed E-state index contributed by atoms with van der Waals surface area (Å²) < 4.78 is 18.1. The highest BCUT2D eigenvalue weighted by atomic mass is 16.5. The first-order chi connectivity index (χ1) is 28.6. The number of nitrogens with one attached hydrogen (secondary N) is 3. The van der Waals surface area contributed by atoms with E-state index in [-0.39, 0.29) is 18.3 Å². The molecule has 4 rings (SSSR count). The summed E-state index contributed by atoms with van der Waals surface area (Å²) in [6.45, 7) is 24.3. The second kappa shape index (κ2) is 22.4. The average Bonchev–Trinajstić information content (AvgIpc) is 3.62. The SMILES string of the molecule is CCN(CC)CCOc1ccc(-c2oc3ccc(C)cc3c2C(=O)c2ccc(OCC(=O)NCCN(CCNC(C)(C)/C(C)=N/O)CCNC(C)(C)/C(C)=N/O)cc2)cc1. The summed E-state index contributed by atoms with van der Waals surface area (Å²) >= 11 is 0. The summed E-state index contributed by atoms with van der Waals surface area (Å²) in [6.07, 6.45) is 0. The molecule has 0 saturated carbocycles. The van der Waals surface area contributed by atoms with Crippen molar-refractivity contribution in [3.63, 3.8) is 0 Å². The lowest BCUT2D eigenvalue weighted by Crippen LogP contribution is -2.51. The van der Waals surface area contributed by atoms with Crippen molar-refractivity contribution in [2.75, 3.05) is 72.1 Å². The Balaban J connectivity index is 1.36. The molecule has 0 bridgehead atoms. The van der Waals surface area contributed by atoms with Crippen molar-refractivity contribution in [2.24, 2.45) is 10.3 Å². The number of hydrogen-bond acceptors (Lipinski definition) is 13. The molecule has 0 fully saturated rings. The van der Waals surface area contributed by atoms with Gasteiger partial charge in [-0.2, -0.15) is 0 Å². The maximum Gasteiger partial charge on any atom is 0.257 e. The van der Waals surface area contributed by atoms with Gasteiger partial charge in [-0.3, -0.25) is 14.5 Å². The summed E-state index contributed by atoms with van der Waals surface area (Å²) in [5.74, 6) is 1.24. The quantitative estimate of drug-likeness (QED) is 0.0211. The molecule has 1 amide bonds. The Bertz CT molecular complexity index is 2020. The molecular formula is C46H65N7O7. The fourth-order valence-corrected chi connectivity index (χ4v) is 6.47. The van der Waals surface area contributed by atoms with Gasteiger partial charge in [0.15, 0.2) is 12.4 Å². The Kier molecular flexibility index (Phi) is 17.7. The molecule has 0 aliphatic rings. The van der Waals surface area contributed by atoms with Crippen LogP contribution >= 0.6 is 0 Å². The lowest BCUT2D eigenvalue weighted by atomic mass is 9.96. The zero-order valence-electron chi connectivity index (χ0n) is 36.9. The number of aryl methyl sites for hydroxylation is 1. The predicted octanol–water partition coefficient (Wildman–Crippen LogP) is 6.59. The van der Waals surface area contributed by atoms with Gasteiger partial charge in [-0.15, -0.1) is 0 Å². The van der Waals surface area contributed by atoms with E-state index in [9.17, 15) is 20.0 Å². The number of likely N-dealkylation sites (N-methyl/N-ethyl adjacent to an activating group) is 1. The minimum Gasteiger partial charge on any atom is -0.492 e. The van der Waals surface area contributed by atoms with E-state index in [1.54, 1.807) is 38.1 Å². The number of nitrogens with zero attached hydrogens (tertiary/aromatic N) is 4. The van der Waals surface area contributed by atoms with Gasteiger partial charge in [0.05, 0.1) is 28.1 Å². The molecule has 1 aromatic heterocycles. The van der Waals surface area contributed by atoms with E-state index in [4.69, 9.17) is 13.9 Å². The number of rotatable bonds is 25. The summed E-state index contributed by atoms with van der Waals surface area (Å²) in [4.78, 5) is 31.6. The number of ketones is 1. The van der Waals surface area contributed by atoms with Gasteiger partial charge in [-0.1, -0.05) is 35.8 Å². The molecule has 0 unspecified atom stereocenters. The summed E-state index contributed by atoms with van der Waals surface area (Å²) in [6, 6.07) is 20.2. The van der Waals surface area contributed by atoms with Gasteiger partial charge >= 0.3 is 0 Å². The highest BCUT2D eigenvalue weighted by Gasteiger charge is 2.25. The third-order valence-electron chi connectivity index (χ3n) is 11.1. The Labute approximate surface area is 355 Å². The Morgan fingerprint density at radius 3 is 1.85 bits per heavy atom. The molecule has 14 nitrogen and oxygen atoms in total. The van der Waals surface area contributed by atoms with Crippen molar-refractivity contribution in [3.05, 3.63) is 83.4 Å². The van der Waals surface area contributed by atoms with Crippen LogP contribution in [0.25, 0.3) is 22.3 Å². The smallest absolute Gasteiger partial charge is 0.257 e. The average molecular weight is 828 g/mol. The molecule has 1 heterocycles. The second-order valence-corrected chi connectivity index (χ2v) is 16.0. The number of amides is 1. The number of furan rings is 1. The third kappa shape index (κ3) is 13.4. The number of hydrogen-bond donors (Lipinski definition) is 5. The van der Waals surface area contributed by atoms with E-state index >= 15 is 0 Å². The van der Waals surface area contributed by atoms with Gasteiger partial charge in [0.25, 0.3) is 5.91 Å². The molecule has 4 aromatic rings. The minimum atomic E-state index is -0.490. The van der Waals surface area contributed by atoms with E-state index < -0.39 is 11.1 Å². The molecule has 14 heteroatoms. The Hall–Kier alpha value is -5.28. The van der Waals surface area contributed by atoms with Crippen molar-refractivity contribution in [1.29, 1.82) is 0 Å². The first-order valence-electron chi connectivity index (χ1n) is 20.8. The van der Waals surface area contributed by atoms with E-state index in [0.717, 1.165) is 41.9 Å². The van der Waals surface area contributed by atoms with E-state index in [1.165, 1.54) is 0 Å². The molecule has 0 atom stereocenters. The fourth-order valence-electron chi connectivity index (χ4n) is 6.47. The lowest BCUT2D eigenvalue weighted by Gasteiger charge is -2.30. The number of ether oxygens (including phenoxy) is 2. The molecule has 0 spiro atoms. The standard InChI is InChI=1S/C46H65N7O7/c1-10-52(11-2)28-29-58-37-19-15-36(16-20-37)44-42(39-30-32(3)12-21-40(39)60-44)43(55)35-13-17-38(18-14-35)59-31-41(54)47-22-25-53(26-23-48-45(6,7)33(4)50-56)27-24-49-46(8,9)34(5)51-57/h12-21,30,48-49,56-57H,10-11,22-29,31H2,1-9H3,(H,47,54)/b50-33+,51-34+. The minimum absolute atomic E-state index is 0.186. The topological polar surface area (TPSA) is 173 Å². The van der Waals surface area contributed by atoms with Gasteiger partial charge in [-0.05, 0) is 122 Å². The fraction of sp³-hybridized carbons (Fsp3) is 0.478. The zero-order chi connectivity index (χ0) is 43.9. The second-order valence-electron chi connectivity index (χ2n) is 16.0. The van der Waals surface area contributed by atoms with Crippen molar-refractivity contribution >= 4 is 34.1 Å². The van der Waals surface area contributed by atoms with Crippen LogP contribution in [0.2, 0.25) is 0 Å². The van der Waals surface area contributed by atoms with Crippen molar-refractivity contribution in [1.82, 2.24) is 25.8 Å². The number of benzene rings is 3. The summed E-state index contributed by atoms with van der Waals surface area (Å²) in [7, 11) is 0. The lowest BCUT2D eigenvalue weighted by molar-refractivity contribution is -0.123. The van der Waals surface area contributed by atoms with Crippen molar-refractivity contribution in [2.45, 2.75) is 73.4 Å². The van der Waals surface area contributed by atoms with Crippen LogP contribution in [0.4, 0.5) is 0 Å². The van der Waals surface area contributed by atoms with E-state index in [0.29, 0.717) is 85.5 Å². The highest BCUT2D eigenvalue weighted by Crippen LogP contribution is 2.36. The number of carbonyl (C=O) groups is 2. The predicted molar refractivity (Wildman–Crippen MR) is 238 cm³/mol. The largest absolute Gasteiger partial charge is 0.492 e. The van der Waals surface area contributed by atoms with E-state index in [1.807, 2.05) is 77.1 Å². The van der Waals surface area contributed by atoms with Crippen LogP contribution in [0.5, 0.6) is 11.5 Å². The molecule has 0 aliphatic heterocycles. The number of oxime groups is 2. The van der Waals surface area contributed by atoms with Gasteiger partial charge in [0.1, 0.15) is 29.4 Å².